The third kappa shape index (κ3) is 10.9. The molecule has 3 heterocycles. The van der Waals surface area contributed by atoms with E-state index in [9.17, 15) is 40.2 Å². The van der Waals surface area contributed by atoms with Gasteiger partial charge in [-0.15, -0.1) is 0 Å². The average molecular weight is 765 g/mol. The molecule has 0 radical (unpaired) electrons. The fourth-order valence-electron chi connectivity index (χ4n) is 8.77. The molecule has 0 aromatic rings. The van der Waals surface area contributed by atoms with Crippen LogP contribution in [0.4, 0.5) is 0 Å². The lowest BCUT2D eigenvalue weighted by molar-refractivity contribution is -0.321. The molecule has 0 amide bonds. The molecular weight excluding hydrogens is 696 g/mol. The number of aliphatic hydroxyl groups excluding tert-OH is 4. The van der Waals surface area contributed by atoms with E-state index in [-0.39, 0.29) is 24.7 Å². The molecule has 0 bridgehead atoms. The first-order chi connectivity index (χ1) is 25.2. The summed E-state index contributed by atoms with van der Waals surface area (Å²) in [4.78, 5) is 26.3. The lowest BCUT2D eigenvalue weighted by atomic mass is 9.76. The second-order valence-electron chi connectivity index (χ2n) is 16.3. The first kappa shape index (κ1) is 46.0. The van der Waals surface area contributed by atoms with Gasteiger partial charge in [-0.2, -0.15) is 0 Å². The number of hydrogen-bond donors (Lipinski definition) is 6. The summed E-state index contributed by atoms with van der Waals surface area (Å²) in [6.07, 6.45) is 6.83. The van der Waals surface area contributed by atoms with E-state index >= 15 is 0 Å². The van der Waals surface area contributed by atoms with Crippen molar-refractivity contribution in [3.05, 3.63) is 48.6 Å². The summed E-state index contributed by atoms with van der Waals surface area (Å²) in [5.74, 6) is -9.15. The number of ether oxygens (including phenoxy) is 4. The van der Waals surface area contributed by atoms with Crippen LogP contribution in [0, 0.1) is 47.3 Å². The lowest BCUT2D eigenvalue weighted by Crippen LogP contribution is -2.57. The van der Waals surface area contributed by atoms with Crippen LogP contribution < -0.4 is 0 Å². The van der Waals surface area contributed by atoms with Crippen molar-refractivity contribution in [3.8, 4) is 0 Å². The second-order valence-corrected chi connectivity index (χ2v) is 16.3. The zero-order chi connectivity index (χ0) is 40.7. The van der Waals surface area contributed by atoms with Crippen molar-refractivity contribution in [2.75, 3.05) is 0 Å². The van der Waals surface area contributed by atoms with Gasteiger partial charge in [-0.3, -0.25) is 0 Å². The number of aliphatic hydroxyl groups is 6. The van der Waals surface area contributed by atoms with E-state index < -0.39 is 108 Å². The van der Waals surface area contributed by atoms with Crippen LogP contribution >= 0.6 is 0 Å². The van der Waals surface area contributed by atoms with Gasteiger partial charge in [0.2, 0.25) is 0 Å². The monoisotopic (exact) mass is 764 g/mol. The maximum absolute atomic E-state index is 13.2. The van der Waals surface area contributed by atoms with Crippen molar-refractivity contribution in [1.82, 2.24) is 0 Å². The number of allylic oxidation sites excluding steroid dienone is 4. The molecule has 2 saturated heterocycles. The van der Waals surface area contributed by atoms with Crippen molar-refractivity contribution in [3.63, 3.8) is 0 Å². The fraction of sp³-hybridized carbons (Fsp3) is 0.762. The molecule has 1 unspecified atom stereocenters. The Bertz CT molecular complexity index is 1220. The maximum atomic E-state index is 13.2. The van der Waals surface area contributed by atoms with E-state index in [4.69, 9.17) is 18.9 Å². The Balaban J connectivity index is 1.81. The van der Waals surface area contributed by atoms with E-state index in [0.717, 1.165) is 0 Å². The van der Waals surface area contributed by atoms with Gasteiger partial charge >= 0.3 is 11.9 Å². The second kappa shape index (κ2) is 19.6. The Morgan fingerprint density at radius 1 is 0.648 bits per heavy atom. The van der Waals surface area contributed by atoms with E-state index in [0.29, 0.717) is 12.8 Å². The summed E-state index contributed by atoms with van der Waals surface area (Å²) in [5.41, 5.74) is 0. The average Bonchev–Trinajstić information content (AvgIpc) is 3.10. The minimum absolute atomic E-state index is 0.0633. The quantitative estimate of drug-likeness (QED) is 0.173. The molecule has 3 aliphatic heterocycles. The molecule has 0 aromatic heterocycles. The van der Waals surface area contributed by atoms with Crippen molar-refractivity contribution in [2.24, 2.45) is 47.3 Å². The van der Waals surface area contributed by atoms with Crippen LogP contribution in [0.1, 0.15) is 94.9 Å². The Labute approximate surface area is 321 Å². The molecule has 6 N–H and O–H groups in total. The molecule has 0 aromatic carbocycles. The molecule has 3 aliphatic rings. The van der Waals surface area contributed by atoms with Crippen molar-refractivity contribution < 1.29 is 59.2 Å². The number of esters is 2. The van der Waals surface area contributed by atoms with Gasteiger partial charge < -0.3 is 49.6 Å². The first-order valence-electron chi connectivity index (χ1n) is 19.8. The molecule has 12 heteroatoms. The smallest absolute Gasteiger partial charge is 0.331 e. The molecular formula is C42H68O12. The largest absolute Gasteiger partial charge is 0.458 e. The van der Waals surface area contributed by atoms with Gasteiger partial charge in [-0.1, -0.05) is 91.8 Å². The minimum atomic E-state index is -1.80. The summed E-state index contributed by atoms with van der Waals surface area (Å²) in [6, 6.07) is 0. The molecule has 3 rings (SSSR count). The molecule has 54 heavy (non-hydrogen) atoms. The molecule has 0 saturated carbocycles. The van der Waals surface area contributed by atoms with Crippen LogP contribution in [0.2, 0.25) is 0 Å². The van der Waals surface area contributed by atoms with Crippen LogP contribution in [0.3, 0.4) is 0 Å². The number of rotatable bonds is 10. The summed E-state index contributed by atoms with van der Waals surface area (Å²) < 4.78 is 23.8. The third-order valence-corrected chi connectivity index (χ3v) is 12.5. The molecule has 12 nitrogen and oxygen atoms in total. The third-order valence-electron chi connectivity index (χ3n) is 12.5. The lowest BCUT2D eigenvalue weighted by Gasteiger charge is -2.48. The van der Waals surface area contributed by atoms with Crippen LogP contribution in [0.5, 0.6) is 0 Å². The van der Waals surface area contributed by atoms with Crippen molar-refractivity contribution in [2.45, 2.75) is 155 Å². The summed E-state index contributed by atoms with van der Waals surface area (Å²) in [7, 11) is 0. The van der Waals surface area contributed by atoms with Crippen LogP contribution in [0.25, 0.3) is 0 Å². The maximum Gasteiger partial charge on any atom is 0.331 e. The van der Waals surface area contributed by atoms with Gasteiger partial charge in [0.05, 0.1) is 36.6 Å². The minimum Gasteiger partial charge on any atom is -0.458 e. The van der Waals surface area contributed by atoms with Gasteiger partial charge in [-0.25, -0.2) is 9.59 Å². The normalized spacial score (nSPS) is 43.0. The van der Waals surface area contributed by atoms with Gasteiger partial charge in [0.1, 0.15) is 12.2 Å². The van der Waals surface area contributed by atoms with E-state index in [1.807, 2.05) is 13.8 Å². The SMILES string of the molecule is CC[C@H]1[C@H](O)C[C@](O)([C@@H](C)[C@H](O)[C@H](C)[C@H]2OC(=O)/C=C/C=C/[C@H](C)[C@@H]([C@@H](C)[C@@H](O)[C@H](C)[C@@]3(O)C[C@@H](O)[C@H](CC)C(C)O3)OC(=O)/C=C/C=C/[C@@H]2C)O[C@@H]1C. The van der Waals surface area contributed by atoms with Gasteiger partial charge in [0, 0.05) is 72.3 Å². The zero-order valence-corrected chi connectivity index (χ0v) is 33.8. The predicted molar refractivity (Wildman–Crippen MR) is 203 cm³/mol. The highest BCUT2D eigenvalue weighted by Gasteiger charge is 2.52. The Hall–Kier alpha value is -2.42. The standard InChI is InChI=1S/C42H68O12/c1-11-31-29(9)53-41(49,21-33(31)43)27(7)37(47)25(5)39-23(3)17-13-15-20-36(46)52-40(24(4)18-14-16-19-35(45)51-39)26(6)38(48)28(8)42(50)22-34(44)32(12-2)30(10)54-42/h13-20,23-34,37-40,43-44,47-50H,11-12,21-22H2,1-10H3/b17-13+,18-14+,19-16+,20-15+/t23-,24-,25-,26-,27-,28-,29+,30?,31+,32+,33+,34+,37+,38+,39-,40-,41+,42+/m0/s1. The highest BCUT2D eigenvalue weighted by atomic mass is 16.6. The number of carbonyl (C=O) groups is 2. The first-order valence-corrected chi connectivity index (χ1v) is 19.8. The van der Waals surface area contributed by atoms with E-state index in [1.54, 1.807) is 79.7 Å². The number of cyclic esters (lactones) is 2. The Morgan fingerprint density at radius 2 is 0.981 bits per heavy atom. The highest BCUT2D eigenvalue weighted by molar-refractivity contribution is 5.83. The Kier molecular flexibility index (Phi) is 16.7. The van der Waals surface area contributed by atoms with Crippen LogP contribution in [-0.4, -0.2) is 103 Å². The predicted octanol–water partition coefficient (Wildman–Crippen LogP) is 4.36. The van der Waals surface area contributed by atoms with Gasteiger partial charge in [0.25, 0.3) is 0 Å². The topological polar surface area (TPSA) is 192 Å². The molecule has 0 spiro atoms. The molecule has 308 valence electrons. The summed E-state index contributed by atoms with van der Waals surface area (Å²) >= 11 is 0. The molecule has 18 atom stereocenters. The summed E-state index contributed by atoms with van der Waals surface area (Å²) in [6.45, 7) is 17.8. The van der Waals surface area contributed by atoms with Crippen LogP contribution in [-0.2, 0) is 28.5 Å². The van der Waals surface area contributed by atoms with Crippen LogP contribution in [0.15, 0.2) is 48.6 Å². The van der Waals surface area contributed by atoms with Gasteiger partial charge in [-0.05, 0) is 26.7 Å². The molecule has 0 aliphatic carbocycles. The van der Waals surface area contributed by atoms with E-state index in [1.165, 1.54) is 24.3 Å². The van der Waals surface area contributed by atoms with E-state index in [2.05, 4.69) is 0 Å². The van der Waals surface area contributed by atoms with Crippen molar-refractivity contribution >= 4 is 11.9 Å². The van der Waals surface area contributed by atoms with Gasteiger partial charge in [0.15, 0.2) is 11.6 Å². The zero-order valence-electron chi connectivity index (χ0n) is 33.8. The summed E-state index contributed by atoms with van der Waals surface area (Å²) in [5, 5.41) is 67.5. The molecule has 2 fully saturated rings. The number of carbonyl (C=O) groups excluding carboxylic acids is 2. The number of hydrogen-bond acceptors (Lipinski definition) is 12. The highest BCUT2D eigenvalue weighted by Crippen LogP contribution is 2.42. The fourth-order valence-corrected chi connectivity index (χ4v) is 8.77. The van der Waals surface area contributed by atoms with Crippen molar-refractivity contribution in [1.29, 1.82) is 0 Å². The Morgan fingerprint density at radius 3 is 1.28 bits per heavy atom.